The van der Waals surface area contributed by atoms with E-state index in [1.807, 2.05) is 32.0 Å². The summed E-state index contributed by atoms with van der Waals surface area (Å²) >= 11 is 1.64. The first-order valence-corrected chi connectivity index (χ1v) is 9.14. The molecular weight excluding hydrogens is 342 g/mol. The number of carboxylic acid groups (broad SMARTS) is 1. The van der Waals surface area contributed by atoms with Crippen molar-refractivity contribution in [3.8, 4) is 5.75 Å². The molecule has 25 heavy (non-hydrogen) atoms. The number of hydrogen-bond acceptors (Lipinski definition) is 6. The number of β-amino-alcohol motifs (C(OH)–C–C–N with tert-alkyl or cyclic N) is 1. The summed E-state index contributed by atoms with van der Waals surface area (Å²) in [5, 5.41) is 20.3. The smallest absolute Gasteiger partial charge is 0.407 e. The first kappa shape index (κ1) is 17.9. The Hall–Kier alpha value is -1.90. The fraction of sp³-hybridized carbons (Fsp3) is 0.529. The van der Waals surface area contributed by atoms with Gasteiger partial charge in [-0.1, -0.05) is 0 Å². The molecule has 0 unspecified atom stereocenters. The number of aromatic nitrogens is 1. The second-order valence-electron chi connectivity index (χ2n) is 6.40. The van der Waals surface area contributed by atoms with Crippen molar-refractivity contribution >= 4 is 27.6 Å². The number of benzene rings is 1. The number of aryl methyl sites for hydroxylation is 1. The molecular formula is C17H23N3O4S. The van der Waals surface area contributed by atoms with Crippen LogP contribution in [0.5, 0.6) is 5.75 Å². The molecule has 1 aliphatic heterocycles. The van der Waals surface area contributed by atoms with Crippen molar-refractivity contribution in [2.24, 2.45) is 0 Å². The predicted octanol–water partition coefficient (Wildman–Crippen LogP) is 2.03. The lowest BCUT2D eigenvalue weighted by Gasteiger charge is -2.39. The van der Waals surface area contributed by atoms with Gasteiger partial charge in [0.05, 0.1) is 15.2 Å². The van der Waals surface area contributed by atoms with Crippen molar-refractivity contribution in [3.05, 3.63) is 23.2 Å². The average Bonchev–Trinajstić information content (AvgIpc) is 2.94. The van der Waals surface area contributed by atoms with Crippen molar-refractivity contribution in [1.82, 2.24) is 14.8 Å². The van der Waals surface area contributed by atoms with Gasteiger partial charge < -0.3 is 19.8 Å². The zero-order valence-electron chi connectivity index (χ0n) is 14.4. The van der Waals surface area contributed by atoms with E-state index in [9.17, 15) is 9.90 Å². The molecule has 1 saturated heterocycles. The van der Waals surface area contributed by atoms with Crippen LogP contribution in [-0.2, 0) is 0 Å². The topological polar surface area (TPSA) is 86.1 Å². The van der Waals surface area contributed by atoms with Crippen molar-refractivity contribution in [1.29, 1.82) is 0 Å². The highest BCUT2D eigenvalue weighted by atomic mass is 32.1. The molecule has 2 atom stereocenters. The molecule has 7 nitrogen and oxygen atoms in total. The minimum absolute atomic E-state index is 0.0776. The number of aliphatic hydroxyl groups excluding tert-OH is 1. The number of fused-ring (bicyclic) bond motifs is 1. The van der Waals surface area contributed by atoms with E-state index in [1.54, 1.807) is 11.3 Å². The van der Waals surface area contributed by atoms with E-state index in [4.69, 9.17) is 9.84 Å². The molecule has 1 aromatic heterocycles. The van der Waals surface area contributed by atoms with Gasteiger partial charge in [-0.05, 0) is 26.0 Å². The summed E-state index contributed by atoms with van der Waals surface area (Å²) in [5.74, 6) is 0.695. The highest BCUT2D eigenvalue weighted by Crippen LogP contribution is 2.25. The highest BCUT2D eigenvalue weighted by molar-refractivity contribution is 7.18. The molecule has 1 fully saturated rings. The van der Waals surface area contributed by atoms with Crippen LogP contribution in [0.4, 0.5) is 4.79 Å². The number of thiazole rings is 1. The Bertz CT molecular complexity index is 751. The standard InChI is InChI=1S/C17H23N3O4S/c1-11-8-20(17(22)23)6-5-19(11)9-13(21)10-24-14-3-4-16-15(7-14)18-12(2)25-16/h3-4,7,11,13,21H,5-6,8-10H2,1-2H3,(H,22,23)/t11-,13+/m0/s1. The molecule has 1 aliphatic rings. The zero-order valence-corrected chi connectivity index (χ0v) is 15.2. The van der Waals surface area contributed by atoms with Gasteiger partial charge in [-0.2, -0.15) is 0 Å². The van der Waals surface area contributed by atoms with Crippen LogP contribution in [0.15, 0.2) is 18.2 Å². The lowest BCUT2D eigenvalue weighted by Crippen LogP contribution is -2.55. The van der Waals surface area contributed by atoms with Crippen molar-refractivity contribution in [2.75, 3.05) is 32.8 Å². The van der Waals surface area contributed by atoms with E-state index in [1.165, 1.54) is 4.90 Å². The maximum absolute atomic E-state index is 11.0. The second-order valence-corrected chi connectivity index (χ2v) is 7.63. The quantitative estimate of drug-likeness (QED) is 0.843. The van der Waals surface area contributed by atoms with Gasteiger partial charge in [0.2, 0.25) is 0 Å². The average molecular weight is 365 g/mol. The van der Waals surface area contributed by atoms with E-state index in [0.29, 0.717) is 31.9 Å². The van der Waals surface area contributed by atoms with Crippen LogP contribution in [0.25, 0.3) is 10.2 Å². The third kappa shape index (κ3) is 4.39. The van der Waals surface area contributed by atoms with Crippen LogP contribution in [0.2, 0.25) is 0 Å². The molecule has 2 heterocycles. The number of aliphatic hydroxyl groups is 1. The fourth-order valence-corrected chi connectivity index (χ4v) is 3.88. The summed E-state index contributed by atoms with van der Waals surface area (Å²) in [6, 6.07) is 5.84. The van der Waals surface area contributed by atoms with Crippen LogP contribution in [0, 0.1) is 6.92 Å². The van der Waals surface area contributed by atoms with E-state index in [-0.39, 0.29) is 12.6 Å². The van der Waals surface area contributed by atoms with Crippen LogP contribution in [-0.4, -0.2) is 76.0 Å². The Balaban J connectivity index is 1.50. The molecule has 0 aliphatic carbocycles. The third-order valence-electron chi connectivity index (χ3n) is 4.39. The zero-order chi connectivity index (χ0) is 18.0. The Morgan fingerprint density at radius 3 is 3.00 bits per heavy atom. The molecule has 0 saturated carbocycles. The molecule has 2 N–H and O–H groups in total. The molecule has 0 spiro atoms. The van der Waals surface area contributed by atoms with Crippen molar-refractivity contribution in [3.63, 3.8) is 0 Å². The SMILES string of the molecule is Cc1nc2cc(OC[C@H](O)CN3CCN(C(=O)O)C[C@@H]3C)ccc2s1. The van der Waals surface area contributed by atoms with Gasteiger partial charge in [-0.25, -0.2) is 9.78 Å². The van der Waals surface area contributed by atoms with Crippen LogP contribution in [0.3, 0.4) is 0 Å². The van der Waals surface area contributed by atoms with Crippen molar-refractivity contribution in [2.45, 2.75) is 26.0 Å². The number of piperazine rings is 1. The van der Waals surface area contributed by atoms with E-state index in [0.717, 1.165) is 15.2 Å². The molecule has 8 heteroatoms. The Morgan fingerprint density at radius 2 is 2.28 bits per heavy atom. The van der Waals surface area contributed by atoms with Crippen LogP contribution in [0.1, 0.15) is 11.9 Å². The molecule has 0 radical (unpaired) electrons. The molecule has 1 aromatic carbocycles. The highest BCUT2D eigenvalue weighted by Gasteiger charge is 2.27. The van der Waals surface area contributed by atoms with Gasteiger partial charge in [0, 0.05) is 38.3 Å². The minimum Gasteiger partial charge on any atom is -0.491 e. The normalized spacial score (nSPS) is 20.0. The number of rotatable bonds is 5. The fourth-order valence-electron chi connectivity index (χ4n) is 3.07. The summed E-state index contributed by atoms with van der Waals surface area (Å²) in [4.78, 5) is 19.0. The molecule has 1 amide bonds. The summed E-state index contributed by atoms with van der Waals surface area (Å²) in [5.41, 5.74) is 0.910. The predicted molar refractivity (Wildman–Crippen MR) is 96.5 cm³/mol. The van der Waals surface area contributed by atoms with Crippen LogP contribution < -0.4 is 4.74 Å². The third-order valence-corrected chi connectivity index (χ3v) is 5.34. The number of nitrogens with zero attached hydrogens (tertiary/aromatic N) is 3. The summed E-state index contributed by atoms with van der Waals surface area (Å²) in [7, 11) is 0. The van der Waals surface area contributed by atoms with Gasteiger partial charge in [-0.3, -0.25) is 4.90 Å². The summed E-state index contributed by atoms with van der Waals surface area (Å²) in [6.07, 6.45) is -1.52. The lowest BCUT2D eigenvalue weighted by molar-refractivity contribution is 0.0236. The number of carbonyl (C=O) groups is 1. The van der Waals surface area contributed by atoms with Gasteiger partial charge in [0.1, 0.15) is 18.5 Å². The number of ether oxygens (including phenoxy) is 1. The second kappa shape index (κ2) is 7.55. The Morgan fingerprint density at radius 1 is 1.48 bits per heavy atom. The monoisotopic (exact) mass is 365 g/mol. The van der Waals surface area contributed by atoms with Gasteiger partial charge in [0.25, 0.3) is 0 Å². The molecule has 3 rings (SSSR count). The summed E-state index contributed by atoms with van der Waals surface area (Å²) < 4.78 is 6.83. The van der Waals surface area contributed by atoms with E-state index < -0.39 is 12.2 Å². The van der Waals surface area contributed by atoms with Crippen LogP contribution >= 0.6 is 11.3 Å². The van der Waals surface area contributed by atoms with Gasteiger partial charge in [-0.15, -0.1) is 11.3 Å². The Labute approximate surface area is 150 Å². The van der Waals surface area contributed by atoms with Crippen molar-refractivity contribution < 1.29 is 19.7 Å². The molecule has 0 bridgehead atoms. The maximum atomic E-state index is 11.0. The maximum Gasteiger partial charge on any atom is 0.407 e. The largest absolute Gasteiger partial charge is 0.491 e. The summed E-state index contributed by atoms with van der Waals surface area (Å²) in [6.45, 7) is 6.15. The molecule has 136 valence electrons. The lowest BCUT2D eigenvalue weighted by atomic mass is 10.2. The Kier molecular flexibility index (Phi) is 5.41. The number of amides is 1. The molecule has 2 aromatic rings. The first-order chi connectivity index (χ1) is 11.9. The van der Waals surface area contributed by atoms with Gasteiger partial charge >= 0.3 is 6.09 Å². The van der Waals surface area contributed by atoms with E-state index >= 15 is 0 Å². The number of hydrogen-bond donors (Lipinski definition) is 2. The first-order valence-electron chi connectivity index (χ1n) is 8.32. The van der Waals surface area contributed by atoms with Gasteiger partial charge in [0.15, 0.2) is 0 Å². The minimum atomic E-state index is -0.886. The van der Waals surface area contributed by atoms with E-state index in [2.05, 4.69) is 9.88 Å².